The number of hydrogen-bond donors (Lipinski definition) is 1. The van der Waals surface area contributed by atoms with E-state index >= 15 is 0 Å². The van der Waals surface area contributed by atoms with Crippen molar-refractivity contribution in [1.82, 2.24) is 15.0 Å². The Hall–Kier alpha value is -1.96. The zero-order valence-electron chi connectivity index (χ0n) is 11.2. The van der Waals surface area contributed by atoms with Crippen molar-refractivity contribution < 1.29 is 24.0 Å². The fraction of sp³-hybridized carbons (Fsp3) is 0.667. The van der Waals surface area contributed by atoms with E-state index in [-0.39, 0.29) is 25.7 Å². The van der Waals surface area contributed by atoms with Crippen LogP contribution in [0, 0.1) is 12.8 Å². The summed E-state index contributed by atoms with van der Waals surface area (Å²) >= 11 is 0. The van der Waals surface area contributed by atoms with Crippen molar-refractivity contribution in [3.05, 3.63) is 11.7 Å². The number of nitrogens with zero attached hydrogens (tertiary/aromatic N) is 3. The minimum Gasteiger partial charge on any atom is -0.481 e. The molecule has 1 aliphatic rings. The standard InChI is InChI=1S/C12H17N3O5/c1-8-13-10(20-14-8)6-19-7-11(16)15-4-2-3-9(5-15)12(17)18/h9H,2-7H2,1H3,(H,17,18). The second kappa shape index (κ2) is 6.47. The maximum Gasteiger partial charge on any atom is 0.308 e. The SMILES string of the molecule is Cc1noc(COCC(=O)N2CCCC(C(=O)O)C2)n1. The van der Waals surface area contributed by atoms with Crippen LogP contribution in [0.4, 0.5) is 0 Å². The molecule has 1 aliphatic heterocycles. The van der Waals surface area contributed by atoms with Crippen LogP contribution in [0.3, 0.4) is 0 Å². The lowest BCUT2D eigenvalue weighted by Gasteiger charge is -2.30. The van der Waals surface area contributed by atoms with Crippen LogP contribution in [-0.4, -0.2) is 51.7 Å². The number of ether oxygens (including phenoxy) is 1. The van der Waals surface area contributed by atoms with E-state index in [1.807, 2.05) is 0 Å². The number of aliphatic carboxylic acids is 1. The molecule has 1 amide bonds. The maximum atomic E-state index is 11.9. The van der Waals surface area contributed by atoms with Gasteiger partial charge in [0.25, 0.3) is 5.89 Å². The van der Waals surface area contributed by atoms with E-state index in [9.17, 15) is 9.59 Å². The topological polar surface area (TPSA) is 106 Å². The average molecular weight is 283 g/mol. The summed E-state index contributed by atoms with van der Waals surface area (Å²) in [5.41, 5.74) is 0. The molecule has 1 unspecified atom stereocenters. The number of aromatic nitrogens is 2. The van der Waals surface area contributed by atoms with Crippen molar-refractivity contribution in [1.29, 1.82) is 0 Å². The minimum absolute atomic E-state index is 0.0722. The number of aryl methyl sites for hydroxylation is 1. The average Bonchev–Trinajstić information content (AvgIpc) is 2.84. The number of carbonyl (C=O) groups excluding carboxylic acids is 1. The molecular weight excluding hydrogens is 266 g/mol. The Morgan fingerprint density at radius 3 is 3.00 bits per heavy atom. The lowest BCUT2D eigenvalue weighted by Crippen LogP contribution is -2.43. The van der Waals surface area contributed by atoms with Crippen molar-refractivity contribution in [2.75, 3.05) is 19.7 Å². The molecule has 2 heterocycles. The molecule has 0 spiro atoms. The highest BCUT2D eigenvalue weighted by atomic mass is 16.5. The first-order chi connectivity index (χ1) is 9.56. The van der Waals surface area contributed by atoms with E-state index in [2.05, 4.69) is 10.1 Å². The molecule has 0 radical (unpaired) electrons. The van der Waals surface area contributed by atoms with Gasteiger partial charge in [0.1, 0.15) is 13.2 Å². The second-order valence-corrected chi connectivity index (χ2v) is 4.75. The summed E-state index contributed by atoms with van der Waals surface area (Å²) in [4.78, 5) is 28.3. The Labute approximate surface area is 115 Å². The molecule has 1 aromatic rings. The van der Waals surface area contributed by atoms with Gasteiger partial charge in [0, 0.05) is 13.1 Å². The Kier molecular flexibility index (Phi) is 4.67. The third-order valence-corrected chi connectivity index (χ3v) is 3.14. The molecule has 8 nitrogen and oxygen atoms in total. The lowest BCUT2D eigenvalue weighted by atomic mass is 9.98. The van der Waals surface area contributed by atoms with Gasteiger partial charge >= 0.3 is 5.97 Å². The first-order valence-corrected chi connectivity index (χ1v) is 6.44. The number of carbonyl (C=O) groups is 2. The number of piperidine rings is 1. The second-order valence-electron chi connectivity index (χ2n) is 4.75. The monoisotopic (exact) mass is 283 g/mol. The van der Waals surface area contributed by atoms with Gasteiger partial charge in [-0.05, 0) is 19.8 Å². The fourth-order valence-corrected chi connectivity index (χ4v) is 2.12. The summed E-state index contributed by atoms with van der Waals surface area (Å²) in [6, 6.07) is 0. The number of hydrogen-bond acceptors (Lipinski definition) is 6. The normalized spacial score (nSPS) is 19.1. The van der Waals surface area contributed by atoms with E-state index in [0.717, 1.165) is 0 Å². The number of amides is 1. The molecule has 0 saturated carbocycles. The predicted octanol–water partition coefficient (Wildman–Crippen LogP) is 0.218. The minimum atomic E-state index is -0.857. The van der Waals surface area contributed by atoms with Crippen LogP contribution in [0.2, 0.25) is 0 Å². The molecule has 8 heteroatoms. The summed E-state index contributed by atoms with van der Waals surface area (Å²) in [5.74, 6) is -0.726. The van der Waals surface area contributed by atoms with E-state index in [1.165, 1.54) is 4.90 Å². The highest BCUT2D eigenvalue weighted by Crippen LogP contribution is 2.16. The van der Waals surface area contributed by atoms with E-state index in [0.29, 0.717) is 31.1 Å². The summed E-state index contributed by atoms with van der Waals surface area (Å²) in [6.45, 7) is 2.47. The quantitative estimate of drug-likeness (QED) is 0.823. The number of likely N-dealkylation sites (tertiary alicyclic amines) is 1. The maximum absolute atomic E-state index is 11.9. The zero-order valence-corrected chi connectivity index (χ0v) is 11.2. The van der Waals surface area contributed by atoms with Gasteiger partial charge in [-0.1, -0.05) is 5.16 Å². The Balaban J connectivity index is 1.75. The molecule has 1 N–H and O–H groups in total. The van der Waals surface area contributed by atoms with E-state index in [1.54, 1.807) is 6.92 Å². The van der Waals surface area contributed by atoms with Crippen molar-refractivity contribution in [2.24, 2.45) is 5.92 Å². The van der Waals surface area contributed by atoms with Crippen LogP contribution in [0.15, 0.2) is 4.52 Å². The third kappa shape index (κ3) is 3.77. The Morgan fingerprint density at radius 2 is 2.35 bits per heavy atom. The third-order valence-electron chi connectivity index (χ3n) is 3.14. The van der Waals surface area contributed by atoms with Crippen LogP contribution in [0.5, 0.6) is 0 Å². The highest BCUT2D eigenvalue weighted by molar-refractivity contribution is 5.79. The Morgan fingerprint density at radius 1 is 1.55 bits per heavy atom. The summed E-state index contributed by atoms with van der Waals surface area (Å²) < 4.78 is 10.1. The molecule has 110 valence electrons. The molecule has 0 aromatic carbocycles. The lowest BCUT2D eigenvalue weighted by molar-refractivity contribution is -0.147. The van der Waals surface area contributed by atoms with Crippen LogP contribution in [-0.2, 0) is 20.9 Å². The van der Waals surface area contributed by atoms with Crippen molar-refractivity contribution in [3.8, 4) is 0 Å². The van der Waals surface area contributed by atoms with Gasteiger partial charge in [-0.25, -0.2) is 0 Å². The van der Waals surface area contributed by atoms with Gasteiger partial charge in [0.05, 0.1) is 5.92 Å². The van der Waals surface area contributed by atoms with Gasteiger partial charge in [0.15, 0.2) is 5.82 Å². The molecule has 0 bridgehead atoms. The van der Waals surface area contributed by atoms with Gasteiger partial charge in [-0.15, -0.1) is 0 Å². The van der Waals surface area contributed by atoms with Gasteiger partial charge in [-0.3, -0.25) is 9.59 Å². The van der Waals surface area contributed by atoms with Gasteiger partial charge in [-0.2, -0.15) is 4.98 Å². The van der Waals surface area contributed by atoms with Crippen molar-refractivity contribution >= 4 is 11.9 Å². The number of rotatable bonds is 5. The van der Waals surface area contributed by atoms with Crippen LogP contribution in [0.25, 0.3) is 0 Å². The summed E-state index contributed by atoms with van der Waals surface area (Å²) in [6.07, 6.45) is 1.31. The molecule has 20 heavy (non-hydrogen) atoms. The van der Waals surface area contributed by atoms with Gasteiger partial charge < -0.3 is 19.3 Å². The smallest absolute Gasteiger partial charge is 0.308 e. The molecule has 2 rings (SSSR count). The predicted molar refractivity (Wildman–Crippen MR) is 65.6 cm³/mol. The summed E-state index contributed by atoms with van der Waals surface area (Å²) in [5, 5.41) is 12.6. The first kappa shape index (κ1) is 14.4. The molecule has 1 saturated heterocycles. The van der Waals surface area contributed by atoms with Crippen LogP contribution >= 0.6 is 0 Å². The molecule has 1 atom stereocenters. The number of carboxylic acid groups (broad SMARTS) is 1. The fourth-order valence-electron chi connectivity index (χ4n) is 2.12. The Bertz CT molecular complexity index is 487. The van der Waals surface area contributed by atoms with Crippen LogP contribution < -0.4 is 0 Å². The van der Waals surface area contributed by atoms with Crippen molar-refractivity contribution in [2.45, 2.75) is 26.4 Å². The van der Waals surface area contributed by atoms with E-state index in [4.69, 9.17) is 14.4 Å². The van der Waals surface area contributed by atoms with Crippen molar-refractivity contribution in [3.63, 3.8) is 0 Å². The first-order valence-electron chi connectivity index (χ1n) is 6.44. The molecule has 0 aliphatic carbocycles. The highest BCUT2D eigenvalue weighted by Gasteiger charge is 2.28. The molecule has 1 fully saturated rings. The zero-order chi connectivity index (χ0) is 14.5. The number of carboxylic acids is 1. The molecule has 1 aromatic heterocycles. The summed E-state index contributed by atoms with van der Waals surface area (Å²) in [7, 11) is 0. The van der Waals surface area contributed by atoms with E-state index < -0.39 is 11.9 Å². The largest absolute Gasteiger partial charge is 0.481 e. The molecular formula is C12H17N3O5. The van der Waals surface area contributed by atoms with Crippen LogP contribution in [0.1, 0.15) is 24.6 Å². The van der Waals surface area contributed by atoms with Gasteiger partial charge in [0.2, 0.25) is 5.91 Å².